The predicted octanol–water partition coefficient (Wildman–Crippen LogP) is 10.0. The van der Waals surface area contributed by atoms with Crippen LogP contribution in [0.25, 0.3) is 38.8 Å². The summed E-state index contributed by atoms with van der Waals surface area (Å²) in [6, 6.07) is 23.3. The van der Waals surface area contributed by atoms with Crippen LogP contribution < -0.4 is 4.74 Å². The van der Waals surface area contributed by atoms with Crippen molar-refractivity contribution in [2.45, 2.75) is 47.0 Å². The fourth-order valence-corrected chi connectivity index (χ4v) is 6.17. The number of pyridine rings is 2. The maximum Gasteiger partial charge on any atom is 0.137 e. The highest BCUT2D eigenvalue weighted by atomic mass is 79.9. The Morgan fingerprint density at radius 2 is 1.50 bits per heavy atom. The Balaban J connectivity index is 1.48. The number of halogens is 1. The first-order valence-corrected chi connectivity index (χ1v) is 14.3. The molecule has 5 heteroatoms. The zero-order valence-electron chi connectivity index (χ0n) is 23.7. The lowest BCUT2D eigenvalue weighted by Crippen LogP contribution is -2.12. The molecule has 0 fully saturated rings. The number of hydrogen-bond acceptors (Lipinski definition) is 3. The number of rotatable bonds is 4. The van der Waals surface area contributed by atoms with Crippen molar-refractivity contribution in [3.63, 3.8) is 0 Å². The Morgan fingerprint density at radius 1 is 0.750 bits per heavy atom. The van der Waals surface area contributed by atoms with Gasteiger partial charge < -0.3 is 4.74 Å². The average molecular weight is 591 g/mol. The number of nitrogens with zero attached hydrogens (tertiary/aromatic N) is 3. The molecule has 40 heavy (non-hydrogen) atoms. The van der Waals surface area contributed by atoms with Crippen molar-refractivity contribution in [1.82, 2.24) is 14.5 Å². The maximum atomic E-state index is 6.52. The van der Waals surface area contributed by atoms with E-state index in [4.69, 9.17) is 9.72 Å². The minimum absolute atomic E-state index is 0.00946. The Morgan fingerprint density at radius 3 is 2.25 bits per heavy atom. The van der Waals surface area contributed by atoms with Gasteiger partial charge in [-0.05, 0) is 103 Å². The van der Waals surface area contributed by atoms with E-state index in [2.05, 4.69) is 122 Å². The summed E-state index contributed by atoms with van der Waals surface area (Å²) in [6.45, 7) is 13.1. The summed E-state index contributed by atoms with van der Waals surface area (Å²) in [7, 11) is 0. The third kappa shape index (κ3) is 4.79. The monoisotopic (exact) mass is 589 g/mol. The van der Waals surface area contributed by atoms with E-state index in [0.717, 1.165) is 49.2 Å². The molecule has 4 nitrogen and oxygen atoms in total. The summed E-state index contributed by atoms with van der Waals surface area (Å²) in [5.74, 6) is 2.41. The van der Waals surface area contributed by atoms with E-state index < -0.39 is 0 Å². The van der Waals surface area contributed by atoms with E-state index in [1.165, 1.54) is 27.8 Å². The quantitative estimate of drug-likeness (QED) is 0.205. The van der Waals surface area contributed by atoms with Gasteiger partial charge >= 0.3 is 0 Å². The molecule has 0 saturated carbocycles. The molecule has 0 saturated heterocycles. The van der Waals surface area contributed by atoms with Crippen molar-refractivity contribution in [3.05, 3.63) is 112 Å². The molecule has 0 amide bonds. The second-order valence-corrected chi connectivity index (χ2v) is 12.5. The van der Waals surface area contributed by atoms with Gasteiger partial charge in [0, 0.05) is 33.7 Å². The molecule has 0 radical (unpaired) electrons. The second kappa shape index (κ2) is 9.90. The van der Waals surface area contributed by atoms with Gasteiger partial charge in [-0.1, -0.05) is 54.4 Å². The van der Waals surface area contributed by atoms with Gasteiger partial charge in [-0.2, -0.15) is 0 Å². The highest BCUT2D eigenvalue weighted by molar-refractivity contribution is 9.10. The molecule has 0 aliphatic carbocycles. The number of aromatic nitrogens is 3. The van der Waals surface area contributed by atoms with Gasteiger partial charge in [0.1, 0.15) is 17.3 Å². The van der Waals surface area contributed by atoms with Gasteiger partial charge in [-0.3, -0.25) is 9.55 Å². The molecule has 0 aliphatic heterocycles. The Bertz CT molecular complexity index is 1890. The van der Waals surface area contributed by atoms with Crippen LogP contribution in [0.3, 0.4) is 0 Å². The molecule has 3 aromatic carbocycles. The van der Waals surface area contributed by atoms with Gasteiger partial charge in [-0.15, -0.1) is 0 Å². The number of hydrogen-bond donors (Lipinski definition) is 0. The van der Waals surface area contributed by atoms with Crippen molar-refractivity contribution in [2.75, 3.05) is 0 Å². The smallest absolute Gasteiger partial charge is 0.137 e. The van der Waals surface area contributed by atoms with Crippen LogP contribution in [0.15, 0.2) is 89.8 Å². The normalized spacial score (nSPS) is 11.9. The fraction of sp³-hybridized carbons (Fsp3) is 0.200. The average Bonchev–Trinajstić information content (AvgIpc) is 3.21. The van der Waals surface area contributed by atoms with E-state index in [1.807, 2.05) is 30.7 Å². The molecule has 6 aromatic rings. The first kappa shape index (κ1) is 26.3. The Kier molecular flexibility index (Phi) is 6.50. The first-order chi connectivity index (χ1) is 19.1. The zero-order valence-corrected chi connectivity index (χ0v) is 25.3. The standard InChI is InChI=1S/C35H32BrN3O/c1-21-13-22(2)34(23(3)14-21)24-15-26(36)18-28(16-24)40-27-7-8-29-30-10-11-37-20-32(30)39(31(29)19-27)33-17-25(9-12-38-33)35(4,5)6/h7-20H,1-6H3. The SMILES string of the molecule is Cc1cc(C)c(-c2cc(Br)cc(Oc3ccc4c5ccncc5n(-c5cc(C(C)(C)C)ccn5)c4c3)c2)c(C)c1. The van der Waals surface area contributed by atoms with Gasteiger partial charge in [0.05, 0.1) is 17.2 Å². The van der Waals surface area contributed by atoms with Crippen molar-refractivity contribution in [2.24, 2.45) is 0 Å². The summed E-state index contributed by atoms with van der Waals surface area (Å²) in [5, 5.41) is 2.27. The predicted molar refractivity (Wildman–Crippen MR) is 169 cm³/mol. The molecular weight excluding hydrogens is 558 g/mol. The molecule has 0 bridgehead atoms. The van der Waals surface area contributed by atoms with E-state index in [-0.39, 0.29) is 5.41 Å². The van der Waals surface area contributed by atoms with Gasteiger partial charge in [-0.25, -0.2) is 4.98 Å². The maximum absolute atomic E-state index is 6.52. The third-order valence-corrected chi connectivity index (χ3v) is 7.91. The molecule has 6 rings (SSSR count). The van der Waals surface area contributed by atoms with Crippen molar-refractivity contribution in [3.8, 4) is 28.4 Å². The molecule has 0 atom stereocenters. The molecular formula is C35H32BrN3O. The lowest BCUT2D eigenvalue weighted by Gasteiger charge is -2.20. The van der Waals surface area contributed by atoms with Gasteiger partial charge in [0.25, 0.3) is 0 Å². The Labute approximate surface area is 243 Å². The van der Waals surface area contributed by atoms with Crippen LogP contribution in [-0.4, -0.2) is 14.5 Å². The van der Waals surface area contributed by atoms with Gasteiger partial charge in [0.2, 0.25) is 0 Å². The van der Waals surface area contributed by atoms with Crippen LogP contribution in [0.2, 0.25) is 0 Å². The van der Waals surface area contributed by atoms with Crippen molar-refractivity contribution >= 4 is 37.7 Å². The summed E-state index contributed by atoms with van der Waals surface area (Å²) >= 11 is 3.72. The van der Waals surface area contributed by atoms with E-state index >= 15 is 0 Å². The van der Waals surface area contributed by atoms with E-state index in [9.17, 15) is 0 Å². The van der Waals surface area contributed by atoms with Crippen LogP contribution in [0.5, 0.6) is 11.5 Å². The highest BCUT2D eigenvalue weighted by Crippen LogP contribution is 2.38. The molecule has 3 aromatic heterocycles. The number of ether oxygens (including phenoxy) is 1. The number of fused-ring (bicyclic) bond motifs is 3. The minimum Gasteiger partial charge on any atom is -0.457 e. The lowest BCUT2D eigenvalue weighted by molar-refractivity contribution is 0.483. The number of aryl methyl sites for hydroxylation is 3. The van der Waals surface area contributed by atoms with Crippen LogP contribution in [0.1, 0.15) is 43.0 Å². The lowest BCUT2D eigenvalue weighted by atomic mass is 9.88. The third-order valence-electron chi connectivity index (χ3n) is 7.45. The molecule has 0 aliphatic rings. The largest absolute Gasteiger partial charge is 0.457 e. The molecule has 200 valence electrons. The minimum atomic E-state index is 0.00946. The van der Waals surface area contributed by atoms with Crippen LogP contribution in [-0.2, 0) is 5.41 Å². The summed E-state index contributed by atoms with van der Waals surface area (Å²) in [6.07, 6.45) is 5.64. The highest BCUT2D eigenvalue weighted by Gasteiger charge is 2.18. The van der Waals surface area contributed by atoms with Crippen LogP contribution in [0.4, 0.5) is 0 Å². The van der Waals surface area contributed by atoms with Gasteiger partial charge in [0.15, 0.2) is 0 Å². The molecule has 0 N–H and O–H groups in total. The molecule has 0 unspecified atom stereocenters. The summed E-state index contributed by atoms with van der Waals surface area (Å²) in [5.41, 5.74) is 9.43. The van der Waals surface area contributed by atoms with Crippen molar-refractivity contribution < 1.29 is 4.74 Å². The summed E-state index contributed by atoms with van der Waals surface area (Å²) < 4.78 is 9.68. The second-order valence-electron chi connectivity index (χ2n) is 11.6. The first-order valence-electron chi connectivity index (χ1n) is 13.5. The zero-order chi connectivity index (χ0) is 28.2. The molecule has 3 heterocycles. The van der Waals surface area contributed by atoms with Crippen LogP contribution >= 0.6 is 15.9 Å². The topological polar surface area (TPSA) is 39.9 Å². The fourth-order valence-electron chi connectivity index (χ4n) is 5.70. The summed E-state index contributed by atoms with van der Waals surface area (Å²) in [4.78, 5) is 9.22. The number of benzene rings is 3. The van der Waals surface area contributed by atoms with E-state index in [0.29, 0.717) is 0 Å². The Hall–Kier alpha value is -3.96. The van der Waals surface area contributed by atoms with E-state index in [1.54, 1.807) is 0 Å². The van der Waals surface area contributed by atoms with Crippen LogP contribution in [0, 0.1) is 20.8 Å². The molecule has 0 spiro atoms. The van der Waals surface area contributed by atoms with Crippen molar-refractivity contribution in [1.29, 1.82) is 0 Å².